The second-order valence-electron chi connectivity index (χ2n) is 4.30. The fraction of sp³-hybridized carbons (Fsp3) is 0.333. The third-order valence-electron chi connectivity index (χ3n) is 3.05. The smallest absolute Gasteiger partial charge is 0.0199 e. The van der Waals surface area contributed by atoms with Gasteiger partial charge in [0.05, 0.1) is 0 Å². The molecule has 0 aromatic heterocycles. The second kappa shape index (κ2) is 4.97. The monoisotopic (exact) mass is 198 g/mol. The van der Waals surface area contributed by atoms with E-state index < -0.39 is 0 Å². The van der Waals surface area contributed by atoms with Crippen LogP contribution in [0.3, 0.4) is 0 Å². The van der Waals surface area contributed by atoms with Crippen LogP contribution in [0.2, 0.25) is 0 Å². The van der Waals surface area contributed by atoms with Crippen molar-refractivity contribution in [1.82, 2.24) is 0 Å². The molecule has 78 valence electrons. The maximum atomic E-state index is 3.76. The number of hydrogen-bond acceptors (Lipinski definition) is 0. The third-order valence-corrected chi connectivity index (χ3v) is 3.05. The molecule has 1 aliphatic carbocycles. The average molecular weight is 198 g/mol. The first kappa shape index (κ1) is 10.2. The molecule has 2 rings (SSSR count). The molecule has 0 heterocycles. The summed E-state index contributed by atoms with van der Waals surface area (Å²) in [6.07, 6.45) is 10.5. The Morgan fingerprint density at radius 3 is 2.80 bits per heavy atom. The zero-order chi connectivity index (χ0) is 10.5. The molecule has 1 saturated carbocycles. The van der Waals surface area contributed by atoms with Crippen molar-refractivity contribution in [2.75, 3.05) is 0 Å². The topological polar surface area (TPSA) is 0 Å². The van der Waals surface area contributed by atoms with Gasteiger partial charge in [0.1, 0.15) is 0 Å². The zero-order valence-electron chi connectivity index (χ0n) is 9.10. The minimum absolute atomic E-state index is 0.824. The van der Waals surface area contributed by atoms with Gasteiger partial charge in [-0.05, 0) is 36.7 Å². The molecule has 2 atom stereocenters. The van der Waals surface area contributed by atoms with Gasteiger partial charge in [-0.15, -0.1) is 6.58 Å². The Morgan fingerprint density at radius 1 is 1.27 bits per heavy atom. The number of benzene rings is 1. The lowest BCUT2D eigenvalue weighted by Gasteiger charge is -1.93. The van der Waals surface area contributed by atoms with Gasteiger partial charge >= 0.3 is 0 Å². The predicted molar refractivity (Wildman–Crippen MR) is 66.5 cm³/mol. The van der Waals surface area contributed by atoms with Gasteiger partial charge in [0.25, 0.3) is 0 Å². The molecule has 1 fully saturated rings. The molecule has 0 saturated heterocycles. The van der Waals surface area contributed by atoms with E-state index in [0.29, 0.717) is 0 Å². The fourth-order valence-corrected chi connectivity index (χ4v) is 1.97. The molecule has 0 bridgehead atoms. The van der Waals surface area contributed by atoms with Gasteiger partial charge in [-0.25, -0.2) is 0 Å². The lowest BCUT2D eigenvalue weighted by atomic mass is 10.1. The van der Waals surface area contributed by atoms with Crippen molar-refractivity contribution in [3.63, 3.8) is 0 Å². The van der Waals surface area contributed by atoms with Crippen molar-refractivity contribution < 1.29 is 0 Å². The second-order valence-corrected chi connectivity index (χ2v) is 4.30. The van der Waals surface area contributed by atoms with Gasteiger partial charge < -0.3 is 0 Å². The van der Waals surface area contributed by atoms with E-state index in [9.17, 15) is 0 Å². The Labute approximate surface area is 92.3 Å². The summed E-state index contributed by atoms with van der Waals surface area (Å²) in [5, 5.41) is 0. The maximum absolute atomic E-state index is 3.76. The van der Waals surface area contributed by atoms with Crippen molar-refractivity contribution in [1.29, 1.82) is 0 Å². The van der Waals surface area contributed by atoms with Gasteiger partial charge in [0.15, 0.2) is 0 Å². The minimum Gasteiger partial charge on any atom is -0.103 e. The molecule has 0 nitrogen and oxygen atoms in total. The Hall–Kier alpha value is -1.30. The molecule has 0 unspecified atom stereocenters. The van der Waals surface area contributed by atoms with Crippen LogP contribution >= 0.6 is 0 Å². The molecular weight excluding hydrogens is 180 g/mol. The van der Waals surface area contributed by atoms with E-state index in [-0.39, 0.29) is 0 Å². The Morgan fingerprint density at radius 2 is 2.07 bits per heavy atom. The number of rotatable bonds is 5. The minimum atomic E-state index is 0.824. The van der Waals surface area contributed by atoms with Crippen LogP contribution in [-0.2, 0) is 0 Å². The molecule has 0 aliphatic heterocycles. The van der Waals surface area contributed by atoms with E-state index in [1.165, 1.54) is 24.8 Å². The highest BCUT2D eigenvalue weighted by atomic mass is 14.4. The maximum Gasteiger partial charge on any atom is -0.0199 e. The Bertz CT molecular complexity index is 334. The Kier molecular flexibility index (Phi) is 3.39. The van der Waals surface area contributed by atoms with Crippen LogP contribution in [0, 0.1) is 11.8 Å². The highest BCUT2D eigenvalue weighted by Gasteiger charge is 2.33. The Balaban J connectivity index is 1.79. The van der Waals surface area contributed by atoms with Gasteiger partial charge in [-0.3, -0.25) is 0 Å². The molecule has 0 N–H and O–H groups in total. The average Bonchev–Trinajstić information content (AvgIpc) is 3.04. The third kappa shape index (κ3) is 3.09. The summed E-state index contributed by atoms with van der Waals surface area (Å²) in [7, 11) is 0. The van der Waals surface area contributed by atoms with Crippen LogP contribution in [0.15, 0.2) is 49.1 Å². The van der Waals surface area contributed by atoms with E-state index >= 15 is 0 Å². The van der Waals surface area contributed by atoms with Gasteiger partial charge in [0.2, 0.25) is 0 Å². The normalized spacial score (nSPS) is 24.3. The molecule has 1 aromatic carbocycles. The van der Waals surface area contributed by atoms with Crippen molar-refractivity contribution in [2.45, 2.75) is 19.3 Å². The van der Waals surface area contributed by atoms with E-state index in [1.54, 1.807) is 0 Å². The molecule has 1 aromatic rings. The lowest BCUT2D eigenvalue weighted by molar-refractivity contribution is 0.709. The first-order valence-corrected chi connectivity index (χ1v) is 5.74. The van der Waals surface area contributed by atoms with E-state index in [4.69, 9.17) is 0 Å². The predicted octanol–water partition coefficient (Wildman–Crippen LogP) is 4.30. The molecule has 0 spiro atoms. The quantitative estimate of drug-likeness (QED) is 0.619. The van der Waals surface area contributed by atoms with Gasteiger partial charge in [0, 0.05) is 0 Å². The molecule has 0 heteroatoms. The van der Waals surface area contributed by atoms with Crippen molar-refractivity contribution in [2.24, 2.45) is 11.8 Å². The fourth-order valence-electron chi connectivity index (χ4n) is 1.97. The van der Waals surface area contributed by atoms with Crippen LogP contribution < -0.4 is 0 Å². The van der Waals surface area contributed by atoms with Crippen LogP contribution in [-0.4, -0.2) is 0 Å². The van der Waals surface area contributed by atoms with E-state index in [0.717, 1.165) is 11.8 Å². The first-order chi connectivity index (χ1) is 7.40. The largest absolute Gasteiger partial charge is 0.103 e. The van der Waals surface area contributed by atoms with E-state index in [2.05, 4.69) is 49.1 Å². The van der Waals surface area contributed by atoms with Gasteiger partial charge in [-0.2, -0.15) is 0 Å². The molecule has 0 radical (unpaired) electrons. The number of allylic oxidation sites excluding steroid dienone is 2. The van der Waals surface area contributed by atoms with Crippen LogP contribution in [0.5, 0.6) is 0 Å². The summed E-state index contributed by atoms with van der Waals surface area (Å²) in [5.41, 5.74) is 1.31. The highest BCUT2D eigenvalue weighted by Crippen LogP contribution is 2.43. The van der Waals surface area contributed by atoms with Crippen LogP contribution in [0.4, 0.5) is 0 Å². The summed E-state index contributed by atoms with van der Waals surface area (Å²) in [6, 6.07) is 10.5. The SMILES string of the molecule is C=CCC[C@H]1C[C@H]1/C=C/c1ccccc1. The van der Waals surface area contributed by atoms with Crippen molar-refractivity contribution >= 4 is 6.08 Å². The summed E-state index contributed by atoms with van der Waals surface area (Å²) >= 11 is 0. The van der Waals surface area contributed by atoms with Crippen LogP contribution in [0.25, 0.3) is 6.08 Å². The lowest BCUT2D eigenvalue weighted by Crippen LogP contribution is -1.78. The number of hydrogen-bond donors (Lipinski definition) is 0. The van der Waals surface area contributed by atoms with Crippen molar-refractivity contribution in [3.05, 3.63) is 54.6 Å². The first-order valence-electron chi connectivity index (χ1n) is 5.74. The van der Waals surface area contributed by atoms with E-state index in [1.807, 2.05) is 6.08 Å². The molecule has 1 aliphatic rings. The summed E-state index contributed by atoms with van der Waals surface area (Å²) in [5.74, 6) is 1.74. The van der Waals surface area contributed by atoms with Crippen molar-refractivity contribution in [3.8, 4) is 0 Å². The summed E-state index contributed by atoms with van der Waals surface area (Å²) in [4.78, 5) is 0. The van der Waals surface area contributed by atoms with Crippen LogP contribution in [0.1, 0.15) is 24.8 Å². The standard InChI is InChI=1S/C15H18/c1-2-3-9-14-12-15(14)11-10-13-7-5-4-6-8-13/h2,4-8,10-11,14-15H,1,3,9,12H2/b11-10+/t14-,15+/m0/s1. The molecule has 0 amide bonds. The molecule has 15 heavy (non-hydrogen) atoms. The summed E-state index contributed by atoms with van der Waals surface area (Å²) < 4.78 is 0. The summed E-state index contributed by atoms with van der Waals surface area (Å²) in [6.45, 7) is 3.76. The molecular formula is C15H18. The highest BCUT2D eigenvalue weighted by molar-refractivity contribution is 5.49. The zero-order valence-corrected chi connectivity index (χ0v) is 9.10. The van der Waals surface area contributed by atoms with Gasteiger partial charge in [-0.1, -0.05) is 48.6 Å².